The monoisotopic (exact) mass is 292 g/mol. The highest BCUT2D eigenvalue weighted by Crippen LogP contribution is 2.27. The van der Waals surface area contributed by atoms with Crippen LogP contribution in [-0.2, 0) is 6.54 Å². The van der Waals surface area contributed by atoms with Gasteiger partial charge in [0.05, 0.1) is 23.7 Å². The van der Waals surface area contributed by atoms with E-state index in [1.54, 1.807) is 17.5 Å². The van der Waals surface area contributed by atoms with E-state index < -0.39 is 0 Å². The minimum atomic E-state index is -0.304. The molecule has 0 aliphatic carbocycles. The van der Waals surface area contributed by atoms with Gasteiger partial charge in [-0.15, -0.1) is 11.3 Å². The highest BCUT2D eigenvalue weighted by atomic mass is 32.1. The van der Waals surface area contributed by atoms with E-state index in [0.717, 1.165) is 29.5 Å². The fraction of sp³-hybridized carbons (Fsp3) is 0.533. The first-order valence-corrected chi connectivity index (χ1v) is 8.02. The van der Waals surface area contributed by atoms with Gasteiger partial charge >= 0.3 is 0 Å². The van der Waals surface area contributed by atoms with Gasteiger partial charge in [0.25, 0.3) is 0 Å². The van der Waals surface area contributed by atoms with Crippen molar-refractivity contribution in [3.8, 4) is 10.6 Å². The average Bonchev–Trinajstić information content (AvgIpc) is 3.09. The van der Waals surface area contributed by atoms with Crippen LogP contribution in [0, 0.1) is 0 Å². The molecule has 0 saturated carbocycles. The molecule has 0 amide bonds. The van der Waals surface area contributed by atoms with Crippen molar-refractivity contribution in [1.29, 1.82) is 0 Å². The van der Waals surface area contributed by atoms with Crippen molar-refractivity contribution in [3.05, 3.63) is 29.6 Å². The average molecular weight is 292 g/mol. The molecule has 2 aromatic rings. The van der Waals surface area contributed by atoms with Crippen LogP contribution >= 0.6 is 11.3 Å². The molecule has 1 aliphatic heterocycles. The molecule has 1 aliphatic rings. The largest absolute Gasteiger partial charge is 0.438 e. The Morgan fingerprint density at radius 3 is 3.20 bits per heavy atom. The number of rotatable bonds is 4. The summed E-state index contributed by atoms with van der Waals surface area (Å²) in [7, 11) is 0. The van der Waals surface area contributed by atoms with Crippen LogP contribution < -0.4 is 0 Å². The number of nitrogens with zero attached hydrogens (tertiary/aromatic N) is 2. The van der Waals surface area contributed by atoms with Gasteiger partial charge in [0.15, 0.2) is 5.76 Å². The van der Waals surface area contributed by atoms with E-state index >= 15 is 0 Å². The lowest BCUT2D eigenvalue weighted by Gasteiger charge is -2.36. The van der Waals surface area contributed by atoms with Gasteiger partial charge in [-0.05, 0) is 37.8 Å². The van der Waals surface area contributed by atoms with Gasteiger partial charge in [-0.2, -0.15) is 0 Å². The summed E-state index contributed by atoms with van der Waals surface area (Å²) in [5, 5.41) is 11.9. The molecule has 108 valence electrons. The number of oxazole rings is 1. The molecule has 20 heavy (non-hydrogen) atoms. The fourth-order valence-electron chi connectivity index (χ4n) is 2.85. The van der Waals surface area contributed by atoms with Crippen molar-refractivity contribution in [3.63, 3.8) is 0 Å². The van der Waals surface area contributed by atoms with Crippen LogP contribution in [-0.4, -0.2) is 33.7 Å². The molecular weight excluding hydrogens is 272 g/mol. The van der Waals surface area contributed by atoms with E-state index in [9.17, 15) is 5.11 Å². The van der Waals surface area contributed by atoms with Crippen LogP contribution in [0.25, 0.3) is 10.6 Å². The quantitative estimate of drug-likeness (QED) is 0.940. The Labute approximate surface area is 123 Å². The maximum Gasteiger partial charge on any atom is 0.209 e. The highest BCUT2D eigenvalue weighted by Gasteiger charge is 2.27. The predicted molar refractivity (Wildman–Crippen MR) is 79.5 cm³/mol. The fourth-order valence-corrected chi connectivity index (χ4v) is 3.52. The normalized spacial score (nSPS) is 22.0. The van der Waals surface area contributed by atoms with E-state index in [4.69, 9.17) is 4.42 Å². The Balaban J connectivity index is 1.71. The molecular formula is C15H20N2O2S. The van der Waals surface area contributed by atoms with Gasteiger partial charge in [0.2, 0.25) is 5.89 Å². The SMILES string of the molecule is CC(O)C1CCCCN1Cc1ncc(-c2cccs2)o1. The number of hydrogen-bond acceptors (Lipinski definition) is 5. The summed E-state index contributed by atoms with van der Waals surface area (Å²) in [5.41, 5.74) is 0. The Morgan fingerprint density at radius 1 is 1.55 bits per heavy atom. The molecule has 4 nitrogen and oxygen atoms in total. The molecule has 2 unspecified atom stereocenters. The number of aliphatic hydroxyl groups is 1. The van der Waals surface area contributed by atoms with Crippen LogP contribution in [0.15, 0.2) is 28.1 Å². The Hall–Kier alpha value is -1.17. The number of aromatic nitrogens is 1. The third-order valence-corrected chi connectivity index (χ3v) is 4.76. The van der Waals surface area contributed by atoms with E-state index in [-0.39, 0.29) is 12.1 Å². The first kappa shape index (κ1) is 13.8. The molecule has 2 aromatic heterocycles. The third-order valence-electron chi connectivity index (χ3n) is 3.88. The molecule has 1 saturated heterocycles. The minimum absolute atomic E-state index is 0.223. The molecule has 1 fully saturated rings. The second-order valence-electron chi connectivity index (χ2n) is 5.37. The lowest BCUT2D eigenvalue weighted by molar-refractivity contribution is 0.0271. The maximum absolute atomic E-state index is 9.89. The Kier molecular flexibility index (Phi) is 4.19. The van der Waals surface area contributed by atoms with Crippen molar-refractivity contribution < 1.29 is 9.52 Å². The standard InChI is InChI=1S/C15H20N2O2S/c1-11(18)12-5-2-3-7-17(12)10-15-16-9-13(19-15)14-6-4-8-20-14/h4,6,8-9,11-12,18H,2-3,5,7,10H2,1H3. The Bertz CT molecular complexity index is 536. The summed E-state index contributed by atoms with van der Waals surface area (Å²) in [6, 6.07) is 4.27. The first-order chi connectivity index (χ1) is 9.74. The summed E-state index contributed by atoms with van der Waals surface area (Å²) in [5.74, 6) is 1.57. The van der Waals surface area contributed by atoms with E-state index in [1.807, 2.05) is 24.4 Å². The van der Waals surface area contributed by atoms with Crippen molar-refractivity contribution in [2.45, 2.75) is 44.9 Å². The van der Waals surface area contributed by atoms with Gasteiger partial charge < -0.3 is 9.52 Å². The summed E-state index contributed by atoms with van der Waals surface area (Å²) < 4.78 is 5.83. The van der Waals surface area contributed by atoms with Gasteiger partial charge in [0.1, 0.15) is 0 Å². The topological polar surface area (TPSA) is 49.5 Å². The smallest absolute Gasteiger partial charge is 0.209 e. The lowest BCUT2D eigenvalue weighted by Crippen LogP contribution is -2.45. The molecule has 1 N–H and O–H groups in total. The molecule has 0 radical (unpaired) electrons. The summed E-state index contributed by atoms with van der Waals surface area (Å²) >= 11 is 1.65. The van der Waals surface area contributed by atoms with Gasteiger partial charge in [-0.3, -0.25) is 4.90 Å². The van der Waals surface area contributed by atoms with E-state index in [0.29, 0.717) is 6.54 Å². The van der Waals surface area contributed by atoms with Crippen molar-refractivity contribution in [2.75, 3.05) is 6.54 Å². The zero-order valence-corrected chi connectivity index (χ0v) is 12.5. The minimum Gasteiger partial charge on any atom is -0.438 e. The summed E-state index contributed by atoms with van der Waals surface area (Å²) in [6.07, 6.45) is 4.92. The number of likely N-dealkylation sites (tertiary alicyclic amines) is 1. The van der Waals surface area contributed by atoms with Gasteiger partial charge in [-0.25, -0.2) is 4.98 Å². The van der Waals surface area contributed by atoms with Crippen LogP contribution in [0.3, 0.4) is 0 Å². The number of aliphatic hydroxyl groups excluding tert-OH is 1. The van der Waals surface area contributed by atoms with E-state index in [1.165, 1.54) is 12.8 Å². The molecule has 0 spiro atoms. The first-order valence-electron chi connectivity index (χ1n) is 7.15. The molecule has 3 rings (SSSR count). The second kappa shape index (κ2) is 6.08. The van der Waals surface area contributed by atoms with Crippen LogP contribution in [0.2, 0.25) is 0 Å². The molecule has 3 heterocycles. The highest BCUT2D eigenvalue weighted by molar-refractivity contribution is 7.13. The number of hydrogen-bond donors (Lipinski definition) is 1. The Morgan fingerprint density at radius 2 is 2.45 bits per heavy atom. The number of piperidine rings is 1. The molecule has 0 aromatic carbocycles. The second-order valence-corrected chi connectivity index (χ2v) is 6.32. The van der Waals surface area contributed by atoms with Crippen LogP contribution in [0.5, 0.6) is 0 Å². The van der Waals surface area contributed by atoms with Gasteiger partial charge in [-0.1, -0.05) is 12.5 Å². The van der Waals surface area contributed by atoms with Crippen molar-refractivity contribution >= 4 is 11.3 Å². The summed E-state index contributed by atoms with van der Waals surface area (Å²) in [6.45, 7) is 3.56. The van der Waals surface area contributed by atoms with E-state index in [2.05, 4.69) is 9.88 Å². The van der Waals surface area contributed by atoms with Gasteiger partial charge in [0, 0.05) is 6.04 Å². The number of thiophene rings is 1. The molecule has 0 bridgehead atoms. The summed E-state index contributed by atoms with van der Waals surface area (Å²) in [4.78, 5) is 7.77. The maximum atomic E-state index is 9.89. The predicted octanol–water partition coefficient (Wildman–Crippen LogP) is 3.14. The lowest BCUT2D eigenvalue weighted by atomic mass is 9.98. The zero-order valence-electron chi connectivity index (χ0n) is 11.7. The molecule has 2 atom stereocenters. The third kappa shape index (κ3) is 2.95. The van der Waals surface area contributed by atoms with Crippen molar-refractivity contribution in [1.82, 2.24) is 9.88 Å². The van der Waals surface area contributed by atoms with Crippen molar-refractivity contribution in [2.24, 2.45) is 0 Å². The van der Waals surface area contributed by atoms with Crippen LogP contribution in [0.1, 0.15) is 32.1 Å². The zero-order chi connectivity index (χ0) is 13.9. The van der Waals surface area contributed by atoms with Crippen LogP contribution in [0.4, 0.5) is 0 Å². The molecule has 5 heteroatoms.